The minimum Gasteiger partial charge on any atom is -0.337 e. The molecule has 0 unspecified atom stereocenters. The summed E-state index contributed by atoms with van der Waals surface area (Å²) in [7, 11) is 1.59. The van der Waals surface area contributed by atoms with Gasteiger partial charge in [0.15, 0.2) is 0 Å². The highest BCUT2D eigenvalue weighted by atomic mass is 32.2. The topological polar surface area (TPSA) is 20.3 Å². The van der Waals surface area contributed by atoms with Crippen LogP contribution in [-0.4, -0.2) is 24.1 Å². The lowest BCUT2D eigenvalue weighted by Gasteiger charge is -2.18. The van der Waals surface area contributed by atoms with E-state index in [4.69, 9.17) is 0 Å². The fourth-order valence-corrected chi connectivity index (χ4v) is 2.35. The van der Waals surface area contributed by atoms with Crippen molar-refractivity contribution >= 4 is 17.7 Å². The molecule has 2 aromatic rings. The van der Waals surface area contributed by atoms with Crippen molar-refractivity contribution in [1.82, 2.24) is 4.90 Å². The summed E-state index contributed by atoms with van der Waals surface area (Å²) in [6.07, 6.45) is 1.99. The van der Waals surface area contributed by atoms with Crippen LogP contribution in [0.2, 0.25) is 0 Å². The molecule has 0 saturated heterocycles. The molecule has 0 atom stereocenters. The van der Waals surface area contributed by atoms with Gasteiger partial charge >= 0.3 is 0 Å². The Hall–Kier alpha value is -1.88. The molecule has 110 valence electrons. The maximum atomic E-state index is 13.6. The van der Waals surface area contributed by atoms with Gasteiger partial charge in [0, 0.05) is 24.6 Å². The van der Waals surface area contributed by atoms with Crippen molar-refractivity contribution in [3.63, 3.8) is 0 Å². The largest absolute Gasteiger partial charge is 0.337 e. The van der Waals surface area contributed by atoms with E-state index in [0.717, 1.165) is 16.5 Å². The van der Waals surface area contributed by atoms with Crippen LogP contribution in [0, 0.1) is 11.6 Å². The molecule has 0 fully saturated rings. The maximum Gasteiger partial charge on any atom is 0.256 e. The van der Waals surface area contributed by atoms with Crippen molar-refractivity contribution in [1.29, 1.82) is 0 Å². The quantitative estimate of drug-likeness (QED) is 0.797. The number of hydrogen-bond donors (Lipinski definition) is 0. The molecule has 0 radical (unpaired) electrons. The van der Waals surface area contributed by atoms with Crippen molar-refractivity contribution < 1.29 is 13.6 Å². The fraction of sp³-hybridized carbons (Fsp3) is 0.188. The Labute approximate surface area is 126 Å². The SMILES string of the molecule is CSc1ccc(CN(C)C(=O)c2ccc(F)cc2F)cc1. The van der Waals surface area contributed by atoms with Gasteiger partial charge in [-0.2, -0.15) is 0 Å². The Morgan fingerprint density at radius 3 is 2.38 bits per heavy atom. The Kier molecular flexibility index (Phi) is 4.96. The standard InChI is InChI=1S/C16H15F2NOS/c1-19(10-11-3-6-13(21-2)7-4-11)16(20)14-8-5-12(17)9-15(14)18/h3-9H,10H2,1-2H3. The molecule has 2 nitrogen and oxygen atoms in total. The molecule has 0 spiro atoms. The van der Waals surface area contributed by atoms with Crippen LogP contribution in [0.1, 0.15) is 15.9 Å². The van der Waals surface area contributed by atoms with Crippen molar-refractivity contribution in [2.75, 3.05) is 13.3 Å². The lowest BCUT2D eigenvalue weighted by Crippen LogP contribution is -2.27. The van der Waals surface area contributed by atoms with Gasteiger partial charge < -0.3 is 4.90 Å². The molecule has 0 bridgehead atoms. The summed E-state index contributed by atoms with van der Waals surface area (Å²) in [6.45, 7) is 0.365. The highest BCUT2D eigenvalue weighted by Crippen LogP contribution is 2.17. The highest BCUT2D eigenvalue weighted by molar-refractivity contribution is 7.98. The van der Waals surface area contributed by atoms with E-state index < -0.39 is 17.5 Å². The van der Waals surface area contributed by atoms with Gasteiger partial charge in [-0.05, 0) is 36.1 Å². The van der Waals surface area contributed by atoms with Crippen LogP contribution in [0.4, 0.5) is 8.78 Å². The van der Waals surface area contributed by atoms with Crippen LogP contribution in [0.25, 0.3) is 0 Å². The van der Waals surface area contributed by atoms with Crippen LogP contribution in [0.15, 0.2) is 47.4 Å². The first-order valence-corrected chi connectivity index (χ1v) is 7.57. The summed E-state index contributed by atoms with van der Waals surface area (Å²) in [5, 5.41) is 0. The second kappa shape index (κ2) is 6.72. The van der Waals surface area contributed by atoms with E-state index in [-0.39, 0.29) is 5.56 Å². The maximum absolute atomic E-state index is 13.6. The summed E-state index contributed by atoms with van der Waals surface area (Å²) in [4.78, 5) is 14.7. The minimum absolute atomic E-state index is 0.125. The first-order chi connectivity index (χ1) is 10.0. The second-order valence-corrected chi connectivity index (χ2v) is 5.51. The Morgan fingerprint density at radius 2 is 1.81 bits per heavy atom. The third kappa shape index (κ3) is 3.82. The van der Waals surface area contributed by atoms with Crippen molar-refractivity contribution in [3.8, 4) is 0 Å². The minimum atomic E-state index is -0.843. The van der Waals surface area contributed by atoms with Gasteiger partial charge in [0.25, 0.3) is 5.91 Å². The van der Waals surface area contributed by atoms with E-state index in [1.807, 2.05) is 30.5 Å². The molecule has 0 N–H and O–H groups in total. The molecular formula is C16H15F2NOS. The summed E-state index contributed by atoms with van der Waals surface area (Å²) in [6, 6.07) is 10.8. The number of carbonyl (C=O) groups excluding carboxylic acids is 1. The number of thioether (sulfide) groups is 1. The number of amides is 1. The van der Waals surface area contributed by atoms with E-state index >= 15 is 0 Å². The normalized spacial score (nSPS) is 10.5. The van der Waals surface area contributed by atoms with Gasteiger partial charge in [0.05, 0.1) is 5.56 Å². The lowest BCUT2D eigenvalue weighted by molar-refractivity contribution is 0.0780. The average Bonchev–Trinajstić information content (AvgIpc) is 2.47. The molecule has 5 heteroatoms. The van der Waals surface area contributed by atoms with E-state index in [1.165, 1.54) is 11.0 Å². The van der Waals surface area contributed by atoms with Crippen LogP contribution in [0.5, 0.6) is 0 Å². The smallest absolute Gasteiger partial charge is 0.256 e. The Morgan fingerprint density at radius 1 is 1.14 bits per heavy atom. The number of benzene rings is 2. The van der Waals surface area contributed by atoms with Crippen LogP contribution >= 0.6 is 11.8 Å². The Bertz CT molecular complexity index is 643. The first kappa shape index (κ1) is 15.5. The summed E-state index contributed by atoms with van der Waals surface area (Å²) in [5.74, 6) is -2.01. The fourth-order valence-electron chi connectivity index (χ4n) is 1.95. The Balaban J connectivity index is 2.11. The molecule has 1 amide bonds. The molecule has 0 heterocycles. The molecule has 0 aliphatic rings. The number of carbonyl (C=O) groups is 1. The zero-order valence-corrected chi connectivity index (χ0v) is 12.6. The highest BCUT2D eigenvalue weighted by Gasteiger charge is 2.16. The molecule has 2 aromatic carbocycles. The zero-order valence-electron chi connectivity index (χ0n) is 11.8. The number of rotatable bonds is 4. The second-order valence-electron chi connectivity index (χ2n) is 4.63. The molecule has 0 saturated carbocycles. The molecular weight excluding hydrogens is 292 g/mol. The van der Waals surface area contributed by atoms with Crippen molar-refractivity contribution in [3.05, 3.63) is 65.2 Å². The van der Waals surface area contributed by atoms with Crippen LogP contribution < -0.4 is 0 Å². The molecule has 0 aromatic heterocycles. The molecule has 0 aliphatic carbocycles. The lowest BCUT2D eigenvalue weighted by atomic mass is 10.1. The summed E-state index contributed by atoms with van der Waals surface area (Å²) >= 11 is 1.64. The van der Waals surface area contributed by atoms with E-state index in [1.54, 1.807) is 18.8 Å². The monoisotopic (exact) mass is 307 g/mol. The van der Waals surface area contributed by atoms with Gasteiger partial charge in [-0.15, -0.1) is 11.8 Å². The third-order valence-electron chi connectivity index (χ3n) is 3.09. The molecule has 2 rings (SSSR count). The number of nitrogens with zero attached hydrogens (tertiary/aromatic N) is 1. The van der Waals surface area contributed by atoms with Crippen LogP contribution in [-0.2, 0) is 6.54 Å². The molecule has 21 heavy (non-hydrogen) atoms. The van der Waals surface area contributed by atoms with Gasteiger partial charge in [-0.25, -0.2) is 8.78 Å². The molecule has 0 aliphatic heterocycles. The summed E-state index contributed by atoms with van der Waals surface area (Å²) < 4.78 is 26.5. The van der Waals surface area contributed by atoms with E-state index in [9.17, 15) is 13.6 Å². The van der Waals surface area contributed by atoms with Gasteiger partial charge in [0.1, 0.15) is 11.6 Å². The number of hydrogen-bond acceptors (Lipinski definition) is 2. The van der Waals surface area contributed by atoms with Gasteiger partial charge in [-0.3, -0.25) is 4.79 Å². The van der Waals surface area contributed by atoms with Gasteiger partial charge in [0.2, 0.25) is 0 Å². The number of halogens is 2. The first-order valence-electron chi connectivity index (χ1n) is 6.34. The zero-order chi connectivity index (χ0) is 15.4. The third-order valence-corrected chi connectivity index (χ3v) is 3.83. The summed E-state index contributed by atoms with van der Waals surface area (Å²) in [5.41, 5.74) is 0.825. The van der Waals surface area contributed by atoms with E-state index in [2.05, 4.69) is 0 Å². The van der Waals surface area contributed by atoms with Crippen LogP contribution in [0.3, 0.4) is 0 Å². The average molecular weight is 307 g/mol. The van der Waals surface area contributed by atoms with Crippen molar-refractivity contribution in [2.45, 2.75) is 11.4 Å². The predicted octanol–water partition coefficient (Wildman–Crippen LogP) is 3.96. The van der Waals surface area contributed by atoms with Gasteiger partial charge in [-0.1, -0.05) is 12.1 Å². The van der Waals surface area contributed by atoms with Crippen molar-refractivity contribution in [2.24, 2.45) is 0 Å². The predicted molar refractivity (Wildman–Crippen MR) is 80.4 cm³/mol. The van der Waals surface area contributed by atoms with E-state index in [0.29, 0.717) is 12.6 Å².